The van der Waals surface area contributed by atoms with Crippen molar-refractivity contribution < 1.29 is 9.53 Å². The molecule has 7 nitrogen and oxygen atoms in total. The summed E-state index contributed by atoms with van der Waals surface area (Å²) < 4.78 is 7.76. The third-order valence-electron chi connectivity index (χ3n) is 4.14. The number of amides is 1. The number of morpholine rings is 1. The summed E-state index contributed by atoms with van der Waals surface area (Å²) in [4.78, 5) is 18.8. The first kappa shape index (κ1) is 15.6. The Morgan fingerprint density at radius 2 is 2.30 bits per heavy atom. The zero-order valence-electron chi connectivity index (χ0n) is 13.5. The minimum atomic E-state index is -0.234. The van der Waals surface area contributed by atoms with Crippen LogP contribution in [0, 0.1) is 0 Å². The van der Waals surface area contributed by atoms with E-state index in [4.69, 9.17) is 4.74 Å². The maximum absolute atomic E-state index is 12.8. The highest BCUT2D eigenvalue weighted by atomic mass is 16.5. The number of carbonyl (C=O) groups is 1. The van der Waals surface area contributed by atoms with Crippen LogP contribution in [-0.4, -0.2) is 50.3 Å². The summed E-state index contributed by atoms with van der Waals surface area (Å²) >= 11 is 0. The van der Waals surface area contributed by atoms with Crippen molar-refractivity contribution in [3.8, 4) is 0 Å². The molecule has 1 saturated heterocycles. The van der Waals surface area contributed by atoms with Gasteiger partial charge in [0.2, 0.25) is 0 Å². The Labute approximate surface area is 135 Å². The van der Waals surface area contributed by atoms with E-state index in [-0.39, 0.29) is 12.0 Å². The Kier molecular flexibility index (Phi) is 4.66. The van der Waals surface area contributed by atoms with Crippen LogP contribution in [0.4, 0.5) is 0 Å². The minimum Gasteiger partial charge on any atom is -0.366 e. The van der Waals surface area contributed by atoms with Crippen LogP contribution >= 0.6 is 0 Å². The summed E-state index contributed by atoms with van der Waals surface area (Å²) in [5.41, 5.74) is 1.69. The SMILES string of the molecule is CCc1cnccc1C(=O)N1CCO[C@@H](c2nncn2CC)C1. The van der Waals surface area contributed by atoms with Gasteiger partial charge in [-0.2, -0.15) is 0 Å². The molecule has 2 aromatic rings. The van der Waals surface area contributed by atoms with Gasteiger partial charge in [-0.1, -0.05) is 6.92 Å². The molecule has 1 aliphatic heterocycles. The molecule has 1 amide bonds. The number of rotatable bonds is 4. The van der Waals surface area contributed by atoms with E-state index in [9.17, 15) is 4.79 Å². The average molecular weight is 315 g/mol. The maximum Gasteiger partial charge on any atom is 0.254 e. The van der Waals surface area contributed by atoms with Gasteiger partial charge in [-0.25, -0.2) is 0 Å². The van der Waals surface area contributed by atoms with Crippen molar-refractivity contribution in [1.29, 1.82) is 0 Å². The van der Waals surface area contributed by atoms with Gasteiger partial charge in [0.05, 0.1) is 13.2 Å². The summed E-state index contributed by atoms with van der Waals surface area (Å²) in [6, 6.07) is 1.79. The molecule has 0 N–H and O–H groups in total. The molecular formula is C16H21N5O2. The molecule has 1 fully saturated rings. The van der Waals surface area contributed by atoms with Crippen LogP contribution in [0.25, 0.3) is 0 Å². The topological polar surface area (TPSA) is 73.1 Å². The number of ether oxygens (including phenoxy) is 1. The molecule has 1 atom stereocenters. The summed E-state index contributed by atoms with van der Waals surface area (Å²) in [5, 5.41) is 8.10. The van der Waals surface area contributed by atoms with Crippen LogP contribution in [0.1, 0.15) is 41.7 Å². The largest absolute Gasteiger partial charge is 0.366 e. The second kappa shape index (κ2) is 6.87. The molecule has 23 heavy (non-hydrogen) atoms. The van der Waals surface area contributed by atoms with Crippen LogP contribution in [-0.2, 0) is 17.7 Å². The Balaban J connectivity index is 1.79. The van der Waals surface area contributed by atoms with Crippen molar-refractivity contribution in [2.45, 2.75) is 32.9 Å². The molecule has 122 valence electrons. The lowest BCUT2D eigenvalue weighted by molar-refractivity contribution is -0.0284. The number of pyridine rings is 1. The molecule has 3 heterocycles. The van der Waals surface area contributed by atoms with Crippen LogP contribution in [0.2, 0.25) is 0 Å². The van der Waals surface area contributed by atoms with Gasteiger partial charge in [-0.05, 0) is 25.0 Å². The monoisotopic (exact) mass is 315 g/mol. The summed E-state index contributed by atoms with van der Waals surface area (Å²) in [5.74, 6) is 0.801. The van der Waals surface area contributed by atoms with Crippen LogP contribution in [0.5, 0.6) is 0 Å². The van der Waals surface area contributed by atoms with E-state index in [0.717, 1.165) is 29.9 Å². The third-order valence-corrected chi connectivity index (χ3v) is 4.14. The molecule has 3 rings (SSSR count). The number of nitrogens with zero attached hydrogens (tertiary/aromatic N) is 5. The number of hydrogen-bond acceptors (Lipinski definition) is 5. The van der Waals surface area contributed by atoms with Crippen LogP contribution in [0.3, 0.4) is 0 Å². The van der Waals surface area contributed by atoms with E-state index in [1.807, 2.05) is 23.3 Å². The quantitative estimate of drug-likeness (QED) is 0.854. The van der Waals surface area contributed by atoms with E-state index in [0.29, 0.717) is 19.7 Å². The lowest BCUT2D eigenvalue weighted by Crippen LogP contribution is -2.43. The number of aryl methyl sites for hydroxylation is 2. The van der Waals surface area contributed by atoms with Gasteiger partial charge >= 0.3 is 0 Å². The summed E-state index contributed by atoms with van der Waals surface area (Å²) in [7, 11) is 0. The van der Waals surface area contributed by atoms with Gasteiger partial charge in [0, 0.05) is 31.0 Å². The molecule has 0 radical (unpaired) electrons. The van der Waals surface area contributed by atoms with E-state index in [1.54, 1.807) is 24.8 Å². The smallest absolute Gasteiger partial charge is 0.254 e. The van der Waals surface area contributed by atoms with Crippen LogP contribution in [0.15, 0.2) is 24.8 Å². The van der Waals surface area contributed by atoms with E-state index in [2.05, 4.69) is 15.2 Å². The molecule has 0 aromatic carbocycles. The molecular weight excluding hydrogens is 294 g/mol. The fourth-order valence-electron chi connectivity index (χ4n) is 2.83. The lowest BCUT2D eigenvalue weighted by atomic mass is 10.1. The van der Waals surface area contributed by atoms with Crippen molar-refractivity contribution in [3.05, 3.63) is 41.7 Å². The lowest BCUT2D eigenvalue weighted by Gasteiger charge is -2.32. The average Bonchev–Trinajstić information content (AvgIpc) is 3.10. The zero-order chi connectivity index (χ0) is 16.2. The number of hydrogen-bond donors (Lipinski definition) is 0. The van der Waals surface area contributed by atoms with Gasteiger partial charge in [0.25, 0.3) is 5.91 Å². The molecule has 2 aromatic heterocycles. The zero-order valence-corrected chi connectivity index (χ0v) is 13.5. The third kappa shape index (κ3) is 3.10. The maximum atomic E-state index is 12.8. The Morgan fingerprint density at radius 3 is 3.09 bits per heavy atom. The van der Waals surface area contributed by atoms with Gasteiger partial charge in [-0.3, -0.25) is 9.78 Å². The Hall–Kier alpha value is -2.28. The minimum absolute atomic E-state index is 0.0279. The van der Waals surface area contributed by atoms with E-state index in [1.165, 1.54) is 0 Å². The number of carbonyl (C=O) groups excluding carboxylic acids is 1. The highest BCUT2D eigenvalue weighted by Gasteiger charge is 2.29. The second-order valence-corrected chi connectivity index (χ2v) is 5.47. The predicted molar refractivity (Wildman–Crippen MR) is 83.9 cm³/mol. The molecule has 0 saturated carbocycles. The van der Waals surface area contributed by atoms with Crippen molar-refractivity contribution in [1.82, 2.24) is 24.6 Å². The number of aromatic nitrogens is 4. The Morgan fingerprint density at radius 1 is 1.43 bits per heavy atom. The van der Waals surface area contributed by atoms with Crippen molar-refractivity contribution >= 4 is 5.91 Å². The van der Waals surface area contributed by atoms with Crippen molar-refractivity contribution in [2.24, 2.45) is 0 Å². The summed E-state index contributed by atoms with van der Waals surface area (Å²) in [6.45, 7) is 6.41. The molecule has 7 heteroatoms. The fraction of sp³-hybridized carbons (Fsp3) is 0.500. The van der Waals surface area contributed by atoms with Gasteiger partial charge < -0.3 is 14.2 Å². The first-order valence-corrected chi connectivity index (χ1v) is 7.96. The summed E-state index contributed by atoms with van der Waals surface area (Å²) in [6.07, 6.45) is 5.67. The molecule has 0 unspecified atom stereocenters. The first-order chi connectivity index (χ1) is 11.2. The van der Waals surface area contributed by atoms with Crippen molar-refractivity contribution in [3.63, 3.8) is 0 Å². The first-order valence-electron chi connectivity index (χ1n) is 7.96. The Bertz CT molecular complexity index is 685. The van der Waals surface area contributed by atoms with Gasteiger partial charge in [-0.15, -0.1) is 10.2 Å². The molecule has 0 aliphatic carbocycles. The highest BCUT2D eigenvalue weighted by Crippen LogP contribution is 2.22. The second-order valence-electron chi connectivity index (χ2n) is 5.47. The standard InChI is InChI=1S/C16H21N5O2/c1-3-12-9-17-6-5-13(12)16(22)21-7-8-23-14(10-21)15-19-18-11-20(15)4-2/h5-6,9,11,14H,3-4,7-8,10H2,1-2H3/t14-/m1/s1. The van der Waals surface area contributed by atoms with Crippen molar-refractivity contribution in [2.75, 3.05) is 19.7 Å². The normalized spacial score (nSPS) is 18.2. The molecule has 0 spiro atoms. The predicted octanol–water partition coefficient (Wildman–Crippen LogP) is 1.47. The van der Waals surface area contributed by atoms with E-state index >= 15 is 0 Å². The fourth-order valence-corrected chi connectivity index (χ4v) is 2.83. The van der Waals surface area contributed by atoms with Crippen LogP contribution < -0.4 is 0 Å². The van der Waals surface area contributed by atoms with E-state index < -0.39 is 0 Å². The van der Waals surface area contributed by atoms with Gasteiger partial charge in [0.15, 0.2) is 5.82 Å². The molecule has 0 bridgehead atoms. The highest BCUT2D eigenvalue weighted by molar-refractivity contribution is 5.95. The van der Waals surface area contributed by atoms with Gasteiger partial charge in [0.1, 0.15) is 12.4 Å². The molecule has 1 aliphatic rings.